The number of rotatable bonds is 11. The minimum Gasteiger partial charge on any atom is -0.355 e. The zero-order valence-corrected chi connectivity index (χ0v) is 23.7. The van der Waals surface area contributed by atoms with Crippen molar-refractivity contribution < 1.29 is 18.0 Å². The minimum atomic E-state index is -4.14. The molecule has 38 heavy (non-hydrogen) atoms. The standard InChI is InChI=1S/C29H34ClN3O4S/c1-5-26(29(35)31-6-2)32(19-23-14-11-10-13-21(23)3)28(34)20-33(27-18-12-17-25(30)22(27)4)38(36,37)24-15-8-7-9-16-24/h7-18,26H,5-6,19-20H2,1-4H3,(H,31,35). The molecule has 1 N–H and O–H groups in total. The first kappa shape index (κ1) is 29.2. The Kier molecular flexibility index (Phi) is 9.94. The first-order valence-corrected chi connectivity index (χ1v) is 14.4. The van der Waals surface area contributed by atoms with Crippen LogP contribution in [0.3, 0.4) is 0 Å². The molecule has 0 heterocycles. The molecule has 0 saturated heterocycles. The van der Waals surface area contributed by atoms with Crippen molar-refractivity contribution in [3.63, 3.8) is 0 Å². The van der Waals surface area contributed by atoms with Gasteiger partial charge in [0.1, 0.15) is 12.6 Å². The normalized spacial score (nSPS) is 12.0. The Morgan fingerprint density at radius 3 is 2.21 bits per heavy atom. The van der Waals surface area contributed by atoms with Crippen molar-refractivity contribution in [3.8, 4) is 0 Å². The third-order valence-electron chi connectivity index (χ3n) is 6.46. The summed E-state index contributed by atoms with van der Waals surface area (Å²) in [5, 5.41) is 3.19. The van der Waals surface area contributed by atoms with Crippen LogP contribution in [0.15, 0.2) is 77.7 Å². The van der Waals surface area contributed by atoms with Gasteiger partial charge in [0.25, 0.3) is 10.0 Å². The number of carbonyl (C=O) groups is 2. The van der Waals surface area contributed by atoms with Gasteiger partial charge in [-0.1, -0.05) is 67.1 Å². The molecule has 0 fully saturated rings. The van der Waals surface area contributed by atoms with Crippen LogP contribution < -0.4 is 9.62 Å². The van der Waals surface area contributed by atoms with Gasteiger partial charge in [-0.25, -0.2) is 8.42 Å². The molecule has 7 nitrogen and oxygen atoms in total. The largest absolute Gasteiger partial charge is 0.355 e. The van der Waals surface area contributed by atoms with Crippen LogP contribution in [-0.4, -0.2) is 44.3 Å². The summed E-state index contributed by atoms with van der Waals surface area (Å²) in [4.78, 5) is 28.6. The molecule has 2 amide bonds. The van der Waals surface area contributed by atoms with E-state index in [1.54, 1.807) is 43.3 Å². The molecule has 0 radical (unpaired) electrons. The van der Waals surface area contributed by atoms with Crippen LogP contribution in [0.1, 0.15) is 37.0 Å². The van der Waals surface area contributed by atoms with Gasteiger partial charge in [0, 0.05) is 18.1 Å². The van der Waals surface area contributed by atoms with E-state index in [4.69, 9.17) is 11.6 Å². The molecule has 0 aliphatic heterocycles. The van der Waals surface area contributed by atoms with E-state index in [-0.39, 0.29) is 17.3 Å². The highest BCUT2D eigenvalue weighted by atomic mass is 35.5. The van der Waals surface area contributed by atoms with E-state index < -0.39 is 28.5 Å². The highest BCUT2D eigenvalue weighted by Crippen LogP contribution is 2.31. The first-order chi connectivity index (χ1) is 18.1. The topological polar surface area (TPSA) is 86.8 Å². The number of halogens is 1. The summed E-state index contributed by atoms with van der Waals surface area (Å²) in [7, 11) is -4.14. The Morgan fingerprint density at radius 2 is 1.58 bits per heavy atom. The fraction of sp³-hybridized carbons (Fsp3) is 0.310. The van der Waals surface area contributed by atoms with Crippen molar-refractivity contribution in [2.24, 2.45) is 0 Å². The fourth-order valence-corrected chi connectivity index (χ4v) is 5.94. The Balaban J connectivity index is 2.11. The molecule has 3 rings (SSSR count). The summed E-state index contributed by atoms with van der Waals surface area (Å²) in [5.74, 6) is -0.779. The molecular weight excluding hydrogens is 522 g/mol. The van der Waals surface area contributed by atoms with Gasteiger partial charge < -0.3 is 10.2 Å². The maximum absolute atomic E-state index is 14.0. The highest BCUT2D eigenvalue weighted by molar-refractivity contribution is 7.92. The number of likely N-dealkylation sites (N-methyl/N-ethyl adjacent to an activating group) is 1. The molecule has 0 aliphatic carbocycles. The fourth-order valence-electron chi connectivity index (χ4n) is 4.28. The van der Waals surface area contributed by atoms with Crippen molar-refractivity contribution in [1.29, 1.82) is 0 Å². The average Bonchev–Trinajstić information content (AvgIpc) is 2.90. The minimum absolute atomic E-state index is 0.0494. The Labute approximate surface area is 230 Å². The number of nitrogens with one attached hydrogen (secondary N) is 1. The quantitative estimate of drug-likeness (QED) is 0.357. The lowest BCUT2D eigenvalue weighted by atomic mass is 10.1. The molecule has 202 valence electrons. The van der Waals surface area contributed by atoms with E-state index in [9.17, 15) is 18.0 Å². The van der Waals surface area contributed by atoms with Gasteiger partial charge in [0.2, 0.25) is 11.8 Å². The van der Waals surface area contributed by atoms with E-state index in [1.165, 1.54) is 17.0 Å². The molecule has 3 aromatic rings. The number of anilines is 1. The van der Waals surface area contributed by atoms with Crippen LogP contribution in [0, 0.1) is 13.8 Å². The van der Waals surface area contributed by atoms with Crippen molar-refractivity contribution in [2.75, 3.05) is 17.4 Å². The molecule has 1 atom stereocenters. The number of carbonyl (C=O) groups excluding carboxylic acids is 2. The molecule has 3 aromatic carbocycles. The second-order valence-electron chi connectivity index (χ2n) is 8.98. The van der Waals surface area contributed by atoms with Gasteiger partial charge in [0.05, 0.1) is 10.6 Å². The zero-order valence-electron chi connectivity index (χ0n) is 22.1. The predicted molar refractivity (Wildman–Crippen MR) is 152 cm³/mol. The van der Waals surface area contributed by atoms with Gasteiger partial charge in [-0.3, -0.25) is 13.9 Å². The van der Waals surface area contributed by atoms with Crippen LogP contribution in [0.2, 0.25) is 5.02 Å². The molecular formula is C29H34ClN3O4S. The molecule has 1 unspecified atom stereocenters. The van der Waals surface area contributed by atoms with Gasteiger partial charge in [-0.15, -0.1) is 0 Å². The third kappa shape index (κ3) is 6.55. The summed E-state index contributed by atoms with van der Waals surface area (Å²) >= 11 is 6.36. The SMILES string of the molecule is CCNC(=O)C(CC)N(Cc1ccccc1C)C(=O)CN(c1cccc(Cl)c1C)S(=O)(=O)c1ccccc1. The summed E-state index contributed by atoms with van der Waals surface area (Å²) in [5.41, 5.74) is 2.68. The number of aryl methyl sites for hydroxylation is 1. The van der Waals surface area contributed by atoms with E-state index in [1.807, 2.05) is 45.0 Å². The van der Waals surface area contributed by atoms with Crippen molar-refractivity contribution in [2.45, 2.75) is 51.6 Å². The Bertz CT molecular complexity index is 1380. The molecule has 0 saturated carbocycles. The molecule has 9 heteroatoms. The zero-order chi connectivity index (χ0) is 27.9. The number of hydrogen-bond acceptors (Lipinski definition) is 4. The number of nitrogens with zero attached hydrogens (tertiary/aromatic N) is 2. The monoisotopic (exact) mass is 555 g/mol. The van der Waals surface area contributed by atoms with Gasteiger partial charge >= 0.3 is 0 Å². The maximum atomic E-state index is 14.0. The lowest BCUT2D eigenvalue weighted by Crippen LogP contribution is -2.52. The highest BCUT2D eigenvalue weighted by Gasteiger charge is 2.34. The van der Waals surface area contributed by atoms with E-state index in [2.05, 4.69) is 5.32 Å². The van der Waals surface area contributed by atoms with Crippen molar-refractivity contribution >= 4 is 39.1 Å². The molecule has 0 aliphatic rings. The van der Waals surface area contributed by atoms with Crippen LogP contribution in [-0.2, 0) is 26.2 Å². The Hall–Kier alpha value is -3.36. The summed E-state index contributed by atoms with van der Waals surface area (Å²) < 4.78 is 28.8. The lowest BCUT2D eigenvalue weighted by Gasteiger charge is -2.34. The molecule has 0 bridgehead atoms. The van der Waals surface area contributed by atoms with Crippen molar-refractivity contribution in [1.82, 2.24) is 10.2 Å². The van der Waals surface area contributed by atoms with Crippen LogP contribution in [0.4, 0.5) is 5.69 Å². The summed E-state index contributed by atoms with van der Waals surface area (Å²) in [6.45, 7) is 7.37. The van der Waals surface area contributed by atoms with Crippen LogP contribution >= 0.6 is 11.6 Å². The van der Waals surface area contributed by atoms with Crippen LogP contribution in [0.25, 0.3) is 0 Å². The van der Waals surface area contributed by atoms with Crippen LogP contribution in [0.5, 0.6) is 0 Å². The number of hydrogen-bond donors (Lipinski definition) is 1. The maximum Gasteiger partial charge on any atom is 0.264 e. The summed E-state index contributed by atoms with van der Waals surface area (Å²) in [6, 6.07) is 19.7. The predicted octanol–water partition coefficient (Wildman–Crippen LogP) is 5.10. The molecule has 0 spiro atoms. The second kappa shape index (κ2) is 12.9. The van der Waals surface area contributed by atoms with E-state index >= 15 is 0 Å². The average molecular weight is 556 g/mol. The first-order valence-electron chi connectivity index (χ1n) is 12.6. The van der Waals surface area contributed by atoms with E-state index in [0.717, 1.165) is 15.4 Å². The lowest BCUT2D eigenvalue weighted by molar-refractivity contribution is -0.140. The van der Waals surface area contributed by atoms with E-state index in [0.29, 0.717) is 29.2 Å². The van der Waals surface area contributed by atoms with Gasteiger partial charge in [0.15, 0.2) is 0 Å². The number of amides is 2. The summed E-state index contributed by atoms with van der Waals surface area (Å²) in [6.07, 6.45) is 0.366. The second-order valence-corrected chi connectivity index (χ2v) is 11.2. The van der Waals surface area contributed by atoms with Gasteiger partial charge in [-0.2, -0.15) is 0 Å². The number of sulfonamides is 1. The number of benzene rings is 3. The van der Waals surface area contributed by atoms with Gasteiger partial charge in [-0.05, 0) is 68.1 Å². The molecule has 0 aromatic heterocycles. The third-order valence-corrected chi connectivity index (χ3v) is 8.64. The Morgan fingerprint density at radius 1 is 0.921 bits per heavy atom. The smallest absolute Gasteiger partial charge is 0.264 e. The van der Waals surface area contributed by atoms with Crippen molar-refractivity contribution in [3.05, 3.63) is 94.5 Å².